The predicted octanol–water partition coefficient (Wildman–Crippen LogP) is 10.6. The Morgan fingerprint density at radius 2 is 1.19 bits per heavy atom. The minimum Gasteiger partial charge on any atom is -0.456 e. The molecule has 4 nitrogen and oxygen atoms in total. The second-order valence-corrected chi connectivity index (χ2v) is 13.2. The quantitative estimate of drug-likeness (QED) is 0.202. The van der Waals surface area contributed by atoms with Crippen LogP contribution in [-0.2, 0) is 5.41 Å². The van der Waals surface area contributed by atoms with E-state index in [1.54, 1.807) is 0 Å². The Kier molecular flexibility index (Phi) is 5.37. The number of hydrogen-bond acceptors (Lipinski definition) is 4. The van der Waals surface area contributed by atoms with Crippen molar-refractivity contribution in [2.75, 3.05) is 0 Å². The summed E-state index contributed by atoms with van der Waals surface area (Å²) >= 11 is 0. The van der Waals surface area contributed by atoms with Crippen molar-refractivity contribution in [3.05, 3.63) is 162 Å². The summed E-state index contributed by atoms with van der Waals surface area (Å²) in [5.41, 5.74) is 13.6. The average Bonchev–Trinajstić information content (AvgIpc) is 3.72. The van der Waals surface area contributed by atoms with Gasteiger partial charge < -0.3 is 4.42 Å². The van der Waals surface area contributed by atoms with E-state index in [1.807, 2.05) is 30.3 Å². The number of nitrogens with zero attached hydrogens (tertiary/aromatic N) is 3. The normalized spacial score (nSPS) is 15.4. The van der Waals surface area contributed by atoms with Crippen LogP contribution >= 0.6 is 0 Å². The summed E-state index contributed by atoms with van der Waals surface area (Å²) < 4.78 is 6.38. The fourth-order valence-corrected chi connectivity index (χ4v) is 7.91. The van der Waals surface area contributed by atoms with Gasteiger partial charge in [0, 0.05) is 27.3 Å². The molecule has 0 N–H and O–H groups in total. The highest BCUT2D eigenvalue weighted by atomic mass is 16.3. The van der Waals surface area contributed by atoms with E-state index in [4.69, 9.17) is 19.4 Å². The van der Waals surface area contributed by atoms with E-state index in [-0.39, 0.29) is 11.3 Å². The first-order valence-corrected chi connectivity index (χ1v) is 16.2. The number of fused-ring (bicyclic) bond motifs is 9. The van der Waals surface area contributed by atoms with Gasteiger partial charge in [-0.25, -0.2) is 15.0 Å². The molecule has 1 unspecified atom stereocenters. The third-order valence-corrected chi connectivity index (χ3v) is 10.2. The third-order valence-electron chi connectivity index (χ3n) is 10.2. The zero-order chi connectivity index (χ0) is 31.3. The number of furan rings is 1. The Bertz CT molecular complexity index is 2560. The number of para-hydroxylation sites is 1. The van der Waals surface area contributed by atoms with E-state index in [0.717, 1.165) is 44.5 Å². The van der Waals surface area contributed by atoms with E-state index >= 15 is 0 Å². The zero-order valence-corrected chi connectivity index (χ0v) is 26.0. The minimum atomic E-state index is -0.168. The summed E-state index contributed by atoms with van der Waals surface area (Å²) in [5, 5.41) is 2.25. The molecule has 2 aliphatic carbocycles. The van der Waals surface area contributed by atoms with Crippen LogP contribution in [0, 0.1) is 0 Å². The Morgan fingerprint density at radius 1 is 0.489 bits per heavy atom. The lowest BCUT2D eigenvalue weighted by atomic mass is 9.82. The summed E-state index contributed by atoms with van der Waals surface area (Å²) in [6.07, 6.45) is 0. The maximum Gasteiger partial charge on any atom is 0.163 e. The Morgan fingerprint density at radius 3 is 2.06 bits per heavy atom. The smallest absolute Gasteiger partial charge is 0.163 e. The van der Waals surface area contributed by atoms with Gasteiger partial charge in [-0.2, -0.15) is 0 Å². The largest absolute Gasteiger partial charge is 0.456 e. The summed E-state index contributed by atoms with van der Waals surface area (Å²) in [4.78, 5) is 15.6. The first-order chi connectivity index (χ1) is 23.0. The van der Waals surface area contributed by atoms with Crippen molar-refractivity contribution in [2.45, 2.75) is 25.2 Å². The molecule has 222 valence electrons. The van der Waals surface area contributed by atoms with Gasteiger partial charge in [-0.15, -0.1) is 0 Å². The molecule has 0 fully saturated rings. The summed E-state index contributed by atoms with van der Waals surface area (Å²) in [7, 11) is 0. The van der Waals surface area contributed by atoms with Gasteiger partial charge in [-0.3, -0.25) is 0 Å². The second kappa shape index (κ2) is 9.57. The molecule has 2 aromatic heterocycles. The van der Waals surface area contributed by atoms with Gasteiger partial charge in [0.15, 0.2) is 11.6 Å². The van der Waals surface area contributed by atoms with Crippen LogP contribution in [-0.4, -0.2) is 15.0 Å². The number of rotatable bonds is 3. The summed E-state index contributed by atoms with van der Waals surface area (Å²) in [5.74, 6) is 1.92. The van der Waals surface area contributed by atoms with Gasteiger partial charge in [0.2, 0.25) is 0 Å². The lowest BCUT2D eigenvalue weighted by Gasteiger charge is -2.22. The summed E-state index contributed by atoms with van der Waals surface area (Å²) in [6.45, 7) is 4.61. The molecule has 4 heteroatoms. The van der Waals surface area contributed by atoms with E-state index in [1.165, 1.54) is 38.9 Å². The molecule has 0 aliphatic heterocycles. The van der Waals surface area contributed by atoms with E-state index < -0.39 is 0 Å². The number of aromatic nitrogens is 3. The molecular formula is C43H29N3O. The van der Waals surface area contributed by atoms with Crippen LogP contribution in [0.25, 0.3) is 67.0 Å². The number of benzene rings is 6. The van der Waals surface area contributed by atoms with E-state index in [2.05, 4.69) is 117 Å². The van der Waals surface area contributed by atoms with Gasteiger partial charge in [0.1, 0.15) is 17.0 Å². The average molecular weight is 604 g/mol. The van der Waals surface area contributed by atoms with Crippen molar-refractivity contribution in [1.82, 2.24) is 15.0 Å². The van der Waals surface area contributed by atoms with Crippen LogP contribution in [0.4, 0.5) is 0 Å². The van der Waals surface area contributed by atoms with Gasteiger partial charge >= 0.3 is 0 Å². The lowest BCUT2D eigenvalue weighted by Crippen LogP contribution is -2.15. The van der Waals surface area contributed by atoms with Crippen molar-refractivity contribution < 1.29 is 4.42 Å². The van der Waals surface area contributed by atoms with Gasteiger partial charge in [0.25, 0.3) is 0 Å². The molecule has 0 bridgehead atoms. The van der Waals surface area contributed by atoms with Crippen molar-refractivity contribution in [1.29, 1.82) is 0 Å². The van der Waals surface area contributed by atoms with Crippen LogP contribution < -0.4 is 0 Å². The molecule has 2 heterocycles. The molecule has 10 rings (SSSR count). The van der Waals surface area contributed by atoms with Crippen LogP contribution in [0.1, 0.15) is 47.8 Å². The SMILES string of the molecule is CC1(C)c2ccccc2-c2ccc(-c3nc(-c4ccccc4)nc(C4c5ccccc5-c5cc6c(cc54)oc4ccccc46)n3)cc21. The summed E-state index contributed by atoms with van der Waals surface area (Å²) in [6, 6.07) is 47.0. The van der Waals surface area contributed by atoms with Crippen molar-refractivity contribution in [3.63, 3.8) is 0 Å². The van der Waals surface area contributed by atoms with Crippen molar-refractivity contribution in [3.8, 4) is 45.0 Å². The fourth-order valence-electron chi connectivity index (χ4n) is 7.91. The highest BCUT2D eigenvalue weighted by Crippen LogP contribution is 2.51. The molecule has 0 saturated heterocycles. The Hall–Kier alpha value is -5.87. The minimum absolute atomic E-state index is 0.124. The van der Waals surface area contributed by atoms with Gasteiger partial charge in [0.05, 0.1) is 5.92 Å². The topological polar surface area (TPSA) is 51.8 Å². The molecule has 0 spiro atoms. The molecule has 8 aromatic rings. The van der Waals surface area contributed by atoms with Crippen LogP contribution in [0.5, 0.6) is 0 Å². The molecule has 2 aliphatic rings. The number of hydrogen-bond donors (Lipinski definition) is 0. The van der Waals surface area contributed by atoms with Crippen molar-refractivity contribution >= 4 is 21.9 Å². The molecular weight excluding hydrogens is 574 g/mol. The Balaban J connectivity index is 1.20. The van der Waals surface area contributed by atoms with Crippen LogP contribution in [0.15, 0.2) is 138 Å². The van der Waals surface area contributed by atoms with Gasteiger partial charge in [-0.1, -0.05) is 123 Å². The highest BCUT2D eigenvalue weighted by molar-refractivity contribution is 6.07. The van der Waals surface area contributed by atoms with E-state index in [0.29, 0.717) is 11.6 Å². The predicted molar refractivity (Wildman–Crippen MR) is 188 cm³/mol. The Labute approximate surface area is 272 Å². The molecule has 0 saturated carbocycles. The standard InChI is InChI=1S/C43H29N3O/c1-43(2)35-18-10-8-15-28(35)29-21-20-26(22-36(29)43)41-44-40(25-12-4-3-5-13-25)45-42(46-41)39-31-17-7-6-14-27(31)32-23-33-30-16-9-11-19-37(30)47-38(33)24-34(32)39/h3-24,39H,1-2H3. The first kappa shape index (κ1) is 26.4. The second-order valence-electron chi connectivity index (χ2n) is 13.2. The van der Waals surface area contributed by atoms with Gasteiger partial charge in [-0.05, 0) is 68.8 Å². The maximum absolute atomic E-state index is 6.38. The molecule has 0 radical (unpaired) electrons. The van der Waals surface area contributed by atoms with Crippen LogP contribution in [0.2, 0.25) is 0 Å². The monoisotopic (exact) mass is 603 g/mol. The highest BCUT2D eigenvalue weighted by Gasteiger charge is 2.36. The zero-order valence-electron chi connectivity index (χ0n) is 26.0. The molecule has 6 aromatic carbocycles. The third kappa shape index (κ3) is 3.79. The van der Waals surface area contributed by atoms with Crippen molar-refractivity contribution in [2.24, 2.45) is 0 Å². The fraction of sp³-hybridized carbons (Fsp3) is 0.0930. The molecule has 47 heavy (non-hydrogen) atoms. The lowest BCUT2D eigenvalue weighted by molar-refractivity contribution is 0.660. The maximum atomic E-state index is 6.38. The van der Waals surface area contributed by atoms with E-state index in [9.17, 15) is 0 Å². The van der Waals surface area contributed by atoms with Crippen LogP contribution in [0.3, 0.4) is 0 Å². The first-order valence-electron chi connectivity index (χ1n) is 16.2. The molecule has 1 atom stereocenters. The molecule has 0 amide bonds.